The lowest BCUT2D eigenvalue weighted by atomic mass is 10.0. The van der Waals surface area contributed by atoms with Crippen molar-refractivity contribution in [3.8, 4) is 16.9 Å². The molecule has 0 bridgehead atoms. The summed E-state index contributed by atoms with van der Waals surface area (Å²) in [5.41, 5.74) is 1.59. The van der Waals surface area contributed by atoms with Gasteiger partial charge in [-0.2, -0.15) is 0 Å². The molecule has 0 aliphatic carbocycles. The number of rotatable bonds is 8. The molecule has 0 amide bonds. The highest BCUT2D eigenvalue weighted by Crippen LogP contribution is 2.36. The molecular formula is C24H21BrN2O4S. The number of hydrogen-bond acceptors (Lipinski definition) is 6. The van der Waals surface area contributed by atoms with Crippen LogP contribution in [0, 0.1) is 0 Å². The molecule has 0 fully saturated rings. The van der Waals surface area contributed by atoms with Crippen LogP contribution in [0.1, 0.15) is 11.8 Å². The van der Waals surface area contributed by atoms with E-state index in [-0.39, 0.29) is 25.3 Å². The van der Waals surface area contributed by atoms with Crippen LogP contribution in [0.5, 0.6) is 5.75 Å². The Labute approximate surface area is 197 Å². The molecule has 4 aromatic rings. The number of thiophene rings is 1. The lowest BCUT2D eigenvalue weighted by Crippen LogP contribution is -2.26. The van der Waals surface area contributed by atoms with Crippen molar-refractivity contribution in [2.45, 2.75) is 19.9 Å². The van der Waals surface area contributed by atoms with Gasteiger partial charge in [0, 0.05) is 14.9 Å². The standard InChI is InChI=1S/C24H21BrN2O4S/c1-2-19-21(16-8-10-17(25)11-9-16)22-23(32-19)26-15-27(24(22)29)14-20(28)31-13-12-30-18-6-4-3-5-7-18/h3-11,15H,2,12-14H2,1H3. The maximum atomic E-state index is 13.3. The van der Waals surface area contributed by atoms with E-state index in [2.05, 4.69) is 27.8 Å². The largest absolute Gasteiger partial charge is 0.490 e. The van der Waals surface area contributed by atoms with Gasteiger partial charge < -0.3 is 9.47 Å². The van der Waals surface area contributed by atoms with Gasteiger partial charge in [0.15, 0.2) is 0 Å². The highest BCUT2D eigenvalue weighted by molar-refractivity contribution is 9.10. The van der Waals surface area contributed by atoms with E-state index in [1.54, 1.807) is 0 Å². The van der Waals surface area contributed by atoms with Gasteiger partial charge in [-0.3, -0.25) is 14.2 Å². The highest BCUT2D eigenvalue weighted by Gasteiger charge is 2.19. The molecule has 0 aliphatic rings. The molecule has 2 heterocycles. The number of carbonyl (C=O) groups is 1. The fraction of sp³-hybridized carbons (Fsp3) is 0.208. The van der Waals surface area contributed by atoms with Crippen molar-refractivity contribution in [3.05, 3.63) is 80.6 Å². The highest BCUT2D eigenvalue weighted by atomic mass is 79.9. The Balaban J connectivity index is 1.51. The molecule has 0 saturated carbocycles. The first-order valence-electron chi connectivity index (χ1n) is 10.2. The molecule has 2 aromatic carbocycles. The number of para-hydroxylation sites is 1. The van der Waals surface area contributed by atoms with Crippen molar-refractivity contribution in [2.75, 3.05) is 13.2 Å². The van der Waals surface area contributed by atoms with Crippen LogP contribution < -0.4 is 10.3 Å². The Hall–Kier alpha value is -2.97. The summed E-state index contributed by atoms with van der Waals surface area (Å²) in [6.45, 7) is 2.19. The molecule has 6 nitrogen and oxygen atoms in total. The predicted molar refractivity (Wildman–Crippen MR) is 129 cm³/mol. The molecule has 0 N–H and O–H groups in total. The number of ether oxygens (including phenoxy) is 2. The van der Waals surface area contributed by atoms with Crippen molar-refractivity contribution in [2.24, 2.45) is 0 Å². The molecule has 4 rings (SSSR count). The summed E-state index contributed by atoms with van der Waals surface area (Å²) < 4.78 is 13.0. The van der Waals surface area contributed by atoms with Gasteiger partial charge in [-0.05, 0) is 36.2 Å². The van der Waals surface area contributed by atoms with Gasteiger partial charge in [-0.25, -0.2) is 4.98 Å². The Kier molecular flexibility index (Phi) is 7.02. The smallest absolute Gasteiger partial charge is 0.326 e. The normalized spacial score (nSPS) is 10.9. The molecule has 0 saturated heterocycles. The maximum Gasteiger partial charge on any atom is 0.326 e. The summed E-state index contributed by atoms with van der Waals surface area (Å²) in [6.07, 6.45) is 2.20. The van der Waals surface area contributed by atoms with Crippen LogP contribution in [0.15, 0.2) is 70.2 Å². The molecule has 0 atom stereocenters. The summed E-state index contributed by atoms with van der Waals surface area (Å²) in [5.74, 6) is 0.195. The first-order valence-corrected chi connectivity index (χ1v) is 11.8. The van der Waals surface area contributed by atoms with Crippen molar-refractivity contribution in [1.29, 1.82) is 0 Å². The van der Waals surface area contributed by atoms with Crippen molar-refractivity contribution in [1.82, 2.24) is 9.55 Å². The molecule has 32 heavy (non-hydrogen) atoms. The number of fused-ring (bicyclic) bond motifs is 1. The molecule has 164 valence electrons. The number of carbonyl (C=O) groups excluding carboxylic acids is 1. The van der Waals surface area contributed by atoms with Gasteiger partial charge in [0.2, 0.25) is 0 Å². The molecule has 0 aliphatic heterocycles. The maximum absolute atomic E-state index is 13.3. The average Bonchev–Trinajstić information content (AvgIpc) is 3.19. The molecule has 0 spiro atoms. The second-order valence-corrected chi connectivity index (χ2v) is 9.00. The van der Waals surface area contributed by atoms with Crippen LogP contribution >= 0.6 is 27.3 Å². The predicted octanol–water partition coefficient (Wildman–Crippen LogP) is 5.07. The van der Waals surface area contributed by atoms with Crippen molar-refractivity contribution >= 4 is 43.5 Å². The van der Waals surface area contributed by atoms with Gasteiger partial charge >= 0.3 is 5.97 Å². The topological polar surface area (TPSA) is 70.4 Å². The molecule has 0 radical (unpaired) electrons. The first-order chi connectivity index (χ1) is 15.6. The number of halogens is 1. The minimum atomic E-state index is -0.513. The lowest BCUT2D eigenvalue weighted by Gasteiger charge is -2.09. The van der Waals surface area contributed by atoms with Gasteiger partial charge in [0.05, 0.1) is 11.7 Å². The fourth-order valence-corrected chi connectivity index (χ4v) is 4.73. The molecule has 0 unspecified atom stereocenters. The fourth-order valence-electron chi connectivity index (χ4n) is 3.37. The Morgan fingerprint density at radius 3 is 2.56 bits per heavy atom. The number of nitrogens with zero attached hydrogens (tertiary/aromatic N) is 2. The third kappa shape index (κ3) is 4.92. The lowest BCUT2D eigenvalue weighted by molar-refractivity contribution is -0.145. The van der Waals surface area contributed by atoms with E-state index in [1.165, 1.54) is 22.2 Å². The summed E-state index contributed by atoms with van der Waals surface area (Å²) in [5, 5.41) is 0.539. The van der Waals surface area contributed by atoms with Crippen LogP contribution in [-0.4, -0.2) is 28.7 Å². The van der Waals surface area contributed by atoms with E-state index in [0.717, 1.165) is 26.9 Å². The summed E-state index contributed by atoms with van der Waals surface area (Å²) >= 11 is 4.96. The summed E-state index contributed by atoms with van der Waals surface area (Å²) in [6, 6.07) is 17.1. The number of hydrogen-bond donors (Lipinski definition) is 0. The van der Waals surface area contributed by atoms with E-state index in [4.69, 9.17) is 9.47 Å². The van der Waals surface area contributed by atoms with E-state index >= 15 is 0 Å². The number of aromatic nitrogens is 2. The van der Waals surface area contributed by atoms with Crippen molar-refractivity contribution in [3.63, 3.8) is 0 Å². The zero-order valence-corrected chi connectivity index (χ0v) is 19.8. The molecule has 8 heteroatoms. The number of benzene rings is 2. The summed E-state index contributed by atoms with van der Waals surface area (Å²) in [4.78, 5) is 31.8. The minimum Gasteiger partial charge on any atom is -0.490 e. The van der Waals surface area contributed by atoms with E-state index < -0.39 is 5.97 Å². The Morgan fingerprint density at radius 2 is 1.84 bits per heavy atom. The second-order valence-electron chi connectivity index (χ2n) is 7.00. The minimum absolute atomic E-state index is 0.0979. The molecule has 2 aromatic heterocycles. The zero-order valence-electron chi connectivity index (χ0n) is 17.4. The van der Waals surface area contributed by atoms with E-state index in [0.29, 0.717) is 16.0 Å². The monoisotopic (exact) mass is 512 g/mol. The average molecular weight is 513 g/mol. The van der Waals surface area contributed by atoms with E-state index in [1.807, 2.05) is 54.6 Å². The van der Waals surface area contributed by atoms with E-state index in [9.17, 15) is 9.59 Å². The van der Waals surface area contributed by atoms with Crippen LogP contribution in [0.4, 0.5) is 0 Å². The second kappa shape index (κ2) is 10.1. The number of aryl methyl sites for hydroxylation is 1. The van der Waals surface area contributed by atoms with Crippen LogP contribution in [0.2, 0.25) is 0 Å². The van der Waals surface area contributed by atoms with Gasteiger partial charge in [-0.15, -0.1) is 11.3 Å². The van der Waals surface area contributed by atoms with Gasteiger partial charge in [0.1, 0.15) is 30.3 Å². The van der Waals surface area contributed by atoms with Crippen molar-refractivity contribution < 1.29 is 14.3 Å². The van der Waals surface area contributed by atoms with Crippen LogP contribution in [0.25, 0.3) is 21.3 Å². The van der Waals surface area contributed by atoms with Gasteiger partial charge in [0.25, 0.3) is 5.56 Å². The Bertz CT molecular complexity index is 1280. The SMILES string of the molecule is CCc1sc2ncn(CC(=O)OCCOc3ccccc3)c(=O)c2c1-c1ccc(Br)cc1. The Morgan fingerprint density at radius 1 is 1.09 bits per heavy atom. The third-order valence-corrected chi connectivity index (χ3v) is 6.63. The van der Waals surface area contributed by atoms with Gasteiger partial charge in [-0.1, -0.05) is 53.2 Å². The van der Waals surface area contributed by atoms with Crippen LogP contribution in [-0.2, 0) is 22.5 Å². The quantitative estimate of drug-likeness (QED) is 0.243. The third-order valence-electron chi connectivity index (χ3n) is 4.86. The summed E-state index contributed by atoms with van der Waals surface area (Å²) in [7, 11) is 0. The first kappa shape index (κ1) is 22.2. The van der Waals surface area contributed by atoms with Crippen LogP contribution in [0.3, 0.4) is 0 Å². The zero-order chi connectivity index (χ0) is 22.5. The number of esters is 1. The molecular weight excluding hydrogens is 492 g/mol.